The summed E-state index contributed by atoms with van der Waals surface area (Å²) >= 11 is 0. The molecule has 0 spiro atoms. The Hall–Kier alpha value is -1.66. The molecule has 1 aliphatic heterocycles. The van der Waals surface area contributed by atoms with Crippen molar-refractivity contribution in [1.82, 2.24) is 10.2 Å². The Morgan fingerprint density at radius 3 is 2.77 bits per heavy atom. The van der Waals surface area contributed by atoms with Crippen LogP contribution in [0.4, 0.5) is 4.39 Å². The van der Waals surface area contributed by atoms with Crippen molar-refractivity contribution in [2.75, 3.05) is 33.3 Å². The second-order valence-corrected chi connectivity index (χ2v) is 5.58. The van der Waals surface area contributed by atoms with Crippen molar-refractivity contribution in [2.45, 2.75) is 18.9 Å². The fourth-order valence-corrected chi connectivity index (χ4v) is 2.68. The number of carbonyl (C=O) groups is 1. The van der Waals surface area contributed by atoms with Gasteiger partial charge >= 0.3 is 0 Å². The molecule has 1 heterocycles. The number of rotatable bonds is 6. The Kier molecular flexibility index (Phi) is 6.15. The summed E-state index contributed by atoms with van der Waals surface area (Å²) in [4.78, 5) is 13.7. The second-order valence-electron chi connectivity index (χ2n) is 5.58. The van der Waals surface area contributed by atoms with Crippen molar-refractivity contribution in [3.63, 3.8) is 0 Å². The smallest absolute Gasteiger partial charge is 0.222 e. The van der Waals surface area contributed by atoms with Crippen molar-refractivity contribution < 1.29 is 19.0 Å². The van der Waals surface area contributed by atoms with E-state index in [0.717, 1.165) is 25.9 Å². The molecule has 0 aromatic heterocycles. The van der Waals surface area contributed by atoms with E-state index in [0.29, 0.717) is 6.54 Å². The Bertz CT molecular complexity index is 490. The highest BCUT2D eigenvalue weighted by molar-refractivity contribution is 5.78. The highest BCUT2D eigenvalue weighted by Gasteiger charge is 2.25. The first-order valence-electron chi connectivity index (χ1n) is 7.59. The number of hydrogen-bond acceptors (Lipinski definition) is 4. The molecule has 0 aliphatic carbocycles. The number of halogens is 1. The first-order chi connectivity index (χ1) is 10.6. The highest BCUT2D eigenvalue weighted by Crippen LogP contribution is 2.18. The average molecular weight is 310 g/mol. The molecule has 1 fully saturated rings. The number of β-amino-alcohol motifs (C(OH)–C–C–N with tert-alkyl or cyclic N) is 1. The van der Waals surface area contributed by atoms with Gasteiger partial charge in [0.1, 0.15) is 12.7 Å². The van der Waals surface area contributed by atoms with Crippen LogP contribution in [0.5, 0.6) is 5.75 Å². The third-order valence-corrected chi connectivity index (χ3v) is 3.94. The van der Waals surface area contributed by atoms with Crippen LogP contribution in [0.25, 0.3) is 0 Å². The molecule has 22 heavy (non-hydrogen) atoms. The third-order valence-electron chi connectivity index (χ3n) is 3.94. The number of ether oxygens (including phenoxy) is 1. The lowest BCUT2D eigenvalue weighted by molar-refractivity contribution is -0.126. The molecule has 5 nitrogen and oxygen atoms in total. The molecule has 122 valence electrons. The number of carbonyl (C=O) groups excluding carboxylic acids is 1. The number of amides is 1. The molecule has 1 saturated heterocycles. The number of likely N-dealkylation sites (tertiary alicyclic amines) is 1. The van der Waals surface area contributed by atoms with Gasteiger partial charge < -0.3 is 20.1 Å². The molecular weight excluding hydrogens is 287 g/mol. The topological polar surface area (TPSA) is 61.8 Å². The van der Waals surface area contributed by atoms with E-state index in [1.54, 1.807) is 19.2 Å². The highest BCUT2D eigenvalue weighted by atomic mass is 19.1. The zero-order chi connectivity index (χ0) is 15.9. The molecule has 1 atom stereocenters. The summed E-state index contributed by atoms with van der Waals surface area (Å²) in [5.41, 5.74) is 0. The average Bonchev–Trinajstić information content (AvgIpc) is 2.54. The van der Waals surface area contributed by atoms with Gasteiger partial charge in [-0.05, 0) is 38.1 Å². The van der Waals surface area contributed by atoms with Gasteiger partial charge in [-0.2, -0.15) is 0 Å². The van der Waals surface area contributed by atoms with Crippen molar-refractivity contribution >= 4 is 5.91 Å². The molecule has 1 aliphatic rings. The van der Waals surface area contributed by atoms with E-state index in [9.17, 15) is 14.3 Å². The first-order valence-corrected chi connectivity index (χ1v) is 7.59. The Balaban J connectivity index is 1.71. The van der Waals surface area contributed by atoms with E-state index in [1.807, 2.05) is 0 Å². The fourth-order valence-electron chi connectivity index (χ4n) is 2.68. The zero-order valence-electron chi connectivity index (χ0n) is 12.8. The summed E-state index contributed by atoms with van der Waals surface area (Å²) in [5, 5.41) is 12.7. The van der Waals surface area contributed by atoms with E-state index in [4.69, 9.17) is 4.74 Å². The zero-order valence-corrected chi connectivity index (χ0v) is 12.8. The Morgan fingerprint density at radius 1 is 1.45 bits per heavy atom. The van der Waals surface area contributed by atoms with Gasteiger partial charge in [-0.1, -0.05) is 12.1 Å². The van der Waals surface area contributed by atoms with E-state index >= 15 is 0 Å². The van der Waals surface area contributed by atoms with Crippen LogP contribution in [0.2, 0.25) is 0 Å². The molecule has 2 rings (SSSR count). The number of para-hydroxylation sites is 1. The van der Waals surface area contributed by atoms with Crippen LogP contribution in [-0.2, 0) is 4.79 Å². The predicted molar refractivity (Wildman–Crippen MR) is 81.1 cm³/mol. The number of aliphatic hydroxyl groups excluding tert-OH is 1. The largest absolute Gasteiger partial charge is 0.488 e. The van der Waals surface area contributed by atoms with Gasteiger partial charge in [0.05, 0.1) is 0 Å². The number of aliphatic hydroxyl groups is 1. The van der Waals surface area contributed by atoms with Gasteiger partial charge in [0.15, 0.2) is 11.6 Å². The van der Waals surface area contributed by atoms with Gasteiger partial charge in [-0.3, -0.25) is 4.79 Å². The minimum absolute atomic E-state index is 0.0519. The molecular formula is C16H23FN2O3. The van der Waals surface area contributed by atoms with Crippen molar-refractivity contribution in [2.24, 2.45) is 5.92 Å². The third kappa shape index (κ3) is 4.68. The van der Waals surface area contributed by atoms with Crippen LogP contribution in [0.3, 0.4) is 0 Å². The van der Waals surface area contributed by atoms with Crippen LogP contribution < -0.4 is 10.1 Å². The molecule has 0 bridgehead atoms. The summed E-state index contributed by atoms with van der Waals surface area (Å²) < 4.78 is 18.7. The number of hydrogen-bond donors (Lipinski definition) is 2. The van der Waals surface area contributed by atoms with Gasteiger partial charge in [0.2, 0.25) is 5.91 Å². The SMILES string of the molecule is CNC(=O)C1CCN(CC(O)COc2ccccc2F)CC1. The summed E-state index contributed by atoms with van der Waals surface area (Å²) in [6.07, 6.45) is 0.900. The van der Waals surface area contributed by atoms with Crippen molar-refractivity contribution in [3.8, 4) is 5.75 Å². The number of nitrogens with one attached hydrogen (secondary N) is 1. The standard InChI is InChI=1S/C16H23FN2O3/c1-18-16(21)12-6-8-19(9-7-12)10-13(20)11-22-15-5-3-2-4-14(15)17/h2-5,12-13,20H,6-11H2,1H3,(H,18,21). The van der Waals surface area contributed by atoms with E-state index in [-0.39, 0.29) is 24.2 Å². The minimum atomic E-state index is -0.684. The minimum Gasteiger partial charge on any atom is -0.488 e. The van der Waals surface area contributed by atoms with E-state index < -0.39 is 11.9 Å². The predicted octanol–water partition coefficient (Wildman–Crippen LogP) is 1.02. The fraction of sp³-hybridized carbons (Fsp3) is 0.562. The summed E-state index contributed by atoms with van der Waals surface area (Å²) in [6, 6.07) is 6.14. The molecule has 1 aromatic rings. The lowest BCUT2D eigenvalue weighted by atomic mass is 9.96. The number of piperidine rings is 1. The maximum absolute atomic E-state index is 13.4. The number of benzene rings is 1. The molecule has 2 N–H and O–H groups in total. The first kappa shape index (κ1) is 16.7. The van der Waals surface area contributed by atoms with Crippen LogP contribution in [0.1, 0.15) is 12.8 Å². The maximum atomic E-state index is 13.4. The lowest BCUT2D eigenvalue weighted by Crippen LogP contribution is -2.43. The van der Waals surface area contributed by atoms with Gasteiger partial charge in [-0.15, -0.1) is 0 Å². The lowest BCUT2D eigenvalue weighted by Gasteiger charge is -2.32. The van der Waals surface area contributed by atoms with Crippen molar-refractivity contribution in [1.29, 1.82) is 0 Å². The summed E-state index contributed by atoms with van der Waals surface area (Å²) in [5.74, 6) is -0.128. The van der Waals surface area contributed by atoms with Gasteiger partial charge in [0, 0.05) is 19.5 Å². The molecule has 1 amide bonds. The molecule has 1 aromatic carbocycles. The normalized spacial score (nSPS) is 18.0. The van der Waals surface area contributed by atoms with Crippen LogP contribution in [0, 0.1) is 11.7 Å². The van der Waals surface area contributed by atoms with Crippen LogP contribution in [0.15, 0.2) is 24.3 Å². The monoisotopic (exact) mass is 310 g/mol. The molecule has 0 saturated carbocycles. The Labute approximate surface area is 130 Å². The van der Waals surface area contributed by atoms with E-state index in [1.165, 1.54) is 12.1 Å². The van der Waals surface area contributed by atoms with E-state index in [2.05, 4.69) is 10.2 Å². The summed E-state index contributed by atoms with van der Waals surface area (Å²) in [6.45, 7) is 2.06. The Morgan fingerprint density at radius 2 is 2.14 bits per heavy atom. The van der Waals surface area contributed by atoms with Crippen LogP contribution in [-0.4, -0.2) is 55.3 Å². The summed E-state index contributed by atoms with van der Waals surface area (Å²) in [7, 11) is 1.65. The maximum Gasteiger partial charge on any atom is 0.222 e. The van der Waals surface area contributed by atoms with Crippen molar-refractivity contribution in [3.05, 3.63) is 30.1 Å². The molecule has 6 heteroatoms. The van der Waals surface area contributed by atoms with Gasteiger partial charge in [-0.25, -0.2) is 4.39 Å². The van der Waals surface area contributed by atoms with Gasteiger partial charge in [0.25, 0.3) is 0 Å². The quantitative estimate of drug-likeness (QED) is 0.824. The molecule has 0 radical (unpaired) electrons. The number of nitrogens with zero attached hydrogens (tertiary/aromatic N) is 1. The molecule has 1 unspecified atom stereocenters. The van der Waals surface area contributed by atoms with Crippen LogP contribution >= 0.6 is 0 Å². The second kappa shape index (κ2) is 8.10.